The number of nitrogens with zero attached hydrogens (tertiary/aromatic N) is 4. The molecule has 0 aliphatic carbocycles. The Bertz CT molecular complexity index is 4140. The summed E-state index contributed by atoms with van der Waals surface area (Å²) >= 11 is 0. The zero-order valence-electron chi connectivity index (χ0n) is 34.3. The van der Waals surface area contributed by atoms with Crippen molar-refractivity contribution in [2.75, 3.05) is 0 Å². The first kappa shape index (κ1) is 35.0. The fraction of sp³-hybridized carbons (Fsp3) is 0. The Hall–Kier alpha value is -8.67. The summed E-state index contributed by atoms with van der Waals surface area (Å²) in [5, 5.41) is 16.3. The van der Waals surface area contributed by atoms with Crippen molar-refractivity contribution in [2.45, 2.75) is 0 Å². The summed E-state index contributed by atoms with van der Waals surface area (Å²) in [4.78, 5) is 16.1. The molecule has 296 valence electrons. The average Bonchev–Trinajstić information content (AvgIpc) is 3.90. The molecular formula is C59H34N4O. The SMILES string of the molecule is c1ccc2cc3c(cc2c1)c1ccccc1n3-c1cc(-c2nc(-c3ccc4c(ccc5ccccc54)c3)nc(-c3ccc4c(ccc5ccccc54)c3)n2)c2oc3ccccc3c2c1. The molecule has 5 nitrogen and oxygen atoms in total. The molecule has 0 atom stereocenters. The van der Waals surface area contributed by atoms with Gasteiger partial charge in [-0.05, 0) is 102 Å². The van der Waals surface area contributed by atoms with Gasteiger partial charge in [0.05, 0.1) is 16.6 Å². The smallest absolute Gasteiger partial charge is 0.167 e. The Morgan fingerprint density at radius 2 is 0.828 bits per heavy atom. The third-order valence-electron chi connectivity index (χ3n) is 13.1. The highest BCUT2D eigenvalue weighted by atomic mass is 16.3. The minimum Gasteiger partial charge on any atom is -0.455 e. The fourth-order valence-electron chi connectivity index (χ4n) is 10.1. The predicted octanol–water partition coefficient (Wildman–Crippen LogP) is 15.6. The van der Waals surface area contributed by atoms with Gasteiger partial charge in [0.25, 0.3) is 0 Å². The van der Waals surface area contributed by atoms with E-state index < -0.39 is 0 Å². The van der Waals surface area contributed by atoms with Crippen molar-refractivity contribution in [1.29, 1.82) is 0 Å². The van der Waals surface area contributed by atoms with Crippen LogP contribution in [0.4, 0.5) is 0 Å². The van der Waals surface area contributed by atoms with Gasteiger partial charge in [0.2, 0.25) is 0 Å². The van der Waals surface area contributed by atoms with Crippen LogP contribution in [0.5, 0.6) is 0 Å². The first-order valence-electron chi connectivity index (χ1n) is 21.7. The van der Waals surface area contributed by atoms with Crippen LogP contribution in [-0.4, -0.2) is 19.5 Å². The summed E-state index contributed by atoms with van der Waals surface area (Å²) in [5.74, 6) is 1.72. The molecule has 0 bridgehead atoms. The second-order valence-corrected chi connectivity index (χ2v) is 16.8. The van der Waals surface area contributed by atoms with E-state index in [1.165, 1.54) is 53.9 Å². The van der Waals surface area contributed by atoms with Crippen LogP contribution in [0.2, 0.25) is 0 Å². The minimum atomic E-state index is 0.536. The molecule has 3 aromatic heterocycles. The number of benzene rings is 11. The Balaban J connectivity index is 1.05. The van der Waals surface area contributed by atoms with Gasteiger partial charge in [0.15, 0.2) is 17.5 Å². The highest BCUT2D eigenvalue weighted by Crippen LogP contribution is 2.42. The Labute approximate surface area is 366 Å². The minimum absolute atomic E-state index is 0.536. The summed E-state index contributed by atoms with van der Waals surface area (Å²) in [6, 6.07) is 73.5. The topological polar surface area (TPSA) is 56.7 Å². The largest absolute Gasteiger partial charge is 0.455 e. The van der Waals surface area contributed by atoms with Gasteiger partial charge in [0.1, 0.15) is 11.2 Å². The molecule has 0 saturated carbocycles. The van der Waals surface area contributed by atoms with Crippen LogP contribution >= 0.6 is 0 Å². The number of hydrogen-bond donors (Lipinski definition) is 0. The monoisotopic (exact) mass is 814 g/mol. The summed E-state index contributed by atoms with van der Waals surface area (Å²) in [7, 11) is 0. The van der Waals surface area contributed by atoms with Gasteiger partial charge in [-0.1, -0.05) is 158 Å². The first-order chi connectivity index (χ1) is 31.7. The number of hydrogen-bond acceptors (Lipinski definition) is 4. The molecule has 0 aliphatic rings. The Morgan fingerprint density at radius 3 is 1.50 bits per heavy atom. The highest BCUT2D eigenvalue weighted by Gasteiger charge is 2.22. The van der Waals surface area contributed by atoms with Gasteiger partial charge in [-0.2, -0.15) is 0 Å². The van der Waals surface area contributed by atoms with Crippen molar-refractivity contribution < 1.29 is 4.42 Å². The van der Waals surface area contributed by atoms with Gasteiger partial charge in [-0.15, -0.1) is 0 Å². The molecule has 11 aromatic carbocycles. The molecule has 0 N–H and O–H groups in total. The normalized spacial score (nSPS) is 12.1. The molecule has 0 saturated heterocycles. The van der Waals surface area contributed by atoms with Crippen molar-refractivity contribution in [3.63, 3.8) is 0 Å². The summed E-state index contributed by atoms with van der Waals surface area (Å²) < 4.78 is 9.20. The van der Waals surface area contributed by atoms with Crippen molar-refractivity contribution in [3.8, 4) is 39.9 Å². The zero-order chi connectivity index (χ0) is 41.9. The molecule has 14 rings (SSSR count). The Morgan fingerprint density at radius 1 is 0.312 bits per heavy atom. The van der Waals surface area contributed by atoms with Crippen molar-refractivity contribution in [2.24, 2.45) is 0 Å². The van der Waals surface area contributed by atoms with E-state index in [1.54, 1.807) is 0 Å². The fourth-order valence-corrected chi connectivity index (χ4v) is 10.1. The maximum atomic E-state index is 6.82. The van der Waals surface area contributed by atoms with Gasteiger partial charge >= 0.3 is 0 Å². The van der Waals surface area contributed by atoms with Crippen molar-refractivity contribution in [3.05, 3.63) is 206 Å². The van der Waals surface area contributed by atoms with Crippen LogP contribution < -0.4 is 0 Å². The molecule has 14 aromatic rings. The standard InChI is InChI=1S/C59H34N4O/c1-2-14-38-32-54-50(31-37(38)13-1)48-17-7-9-19-53(48)63(54)43-33-51-49-18-8-10-20-55(49)64-56(51)52(34-43)59-61-57(41-25-27-46-39(29-41)23-21-35-11-3-5-15-44(35)46)60-58(62-59)42-26-28-47-40(30-42)24-22-36-12-4-6-16-45(36)47/h1-34H. The lowest BCUT2D eigenvalue weighted by molar-refractivity contribution is 0.669. The van der Waals surface area contributed by atoms with Gasteiger partial charge in [-0.25, -0.2) is 15.0 Å². The van der Waals surface area contributed by atoms with E-state index in [0.29, 0.717) is 17.5 Å². The van der Waals surface area contributed by atoms with E-state index in [0.717, 1.165) is 66.1 Å². The highest BCUT2D eigenvalue weighted by molar-refractivity contribution is 6.16. The lowest BCUT2D eigenvalue weighted by Crippen LogP contribution is -2.02. The molecule has 0 spiro atoms. The first-order valence-corrected chi connectivity index (χ1v) is 21.7. The molecule has 0 amide bonds. The lowest BCUT2D eigenvalue weighted by atomic mass is 9.99. The van der Waals surface area contributed by atoms with E-state index in [9.17, 15) is 0 Å². The molecule has 3 heterocycles. The van der Waals surface area contributed by atoms with Crippen LogP contribution in [-0.2, 0) is 0 Å². The number of para-hydroxylation sites is 2. The van der Waals surface area contributed by atoms with Gasteiger partial charge in [-0.3, -0.25) is 0 Å². The van der Waals surface area contributed by atoms with Crippen LogP contribution in [0.3, 0.4) is 0 Å². The van der Waals surface area contributed by atoms with E-state index in [2.05, 4.69) is 199 Å². The van der Waals surface area contributed by atoms with E-state index in [4.69, 9.17) is 19.4 Å². The molecule has 0 aliphatic heterocycles. The molecule has 64 heavy (non-hydrogen) atoms. The number of furan rings is 1. The quantitative estimate of drug-likeness (QED) is 0.166. The van der Waals surface area contributed by atoms with Gasteiger partial charge in [0, 0.05) is 38.4 Å². The van der Waals surface area contributed by atoms with Crippen LogP contribution in [0.25, 0.3) is 137 Å². The Kier molecular flexibility index (Phi) is 7.33. The summed E-state index contributed by atoms with van der Waals surface area (Å²) in [6.07, 6.45) is 0. The van der Waals surface area contributed by atoms with Crippen molar-refractivity contribution in [1.82, 2.24) is 19.5 Å². The van der Waals surface area contributed by atoms with Crippen LogP contribution in [0, 0.1) is 0 Å². The molecular weight excluding hydrogens is 781 g/mol. The van der Waals surface area contributed by atoms with E-state index in [-0.39, 0.29) is 0 Å². The lowest BCUT2D eigenvalue weighted by Gasteiger charge is -2.13. The van der Waals surface area contributed by atoms with Crippen molar-refractivity contribution >= 4 is 97.6 Å². The maximum Gasteiger partial charge on any atom is 0.167 e. The number of aromatic nitrogens is 4. The summed E-state index contributed by atoms with van der Waals surface area (Å²) in [6.45, 7) is 0. The third kappa shape index (κ3) is 5.28. The third-order valence-corrected chi connectivity index (χ3v) is 13.1. The average molecular weight is 815 g/mol. The second kappa shape index (κ2) is 13.4. The maximum absolute atomic E-state index is 6.82. The molecule has 0 fully saturated rings. The summed E-state index contributed by atoms with van der Waals surface area (Å²) in [5.41, 5.74) is 7.39. The molecule has 0 unspecified atom stereocenters. The van der Waals surface area contributed by atoms with E-state index in [1.807, 2.05) is 12.1 Å². The second-order valence-electron chi connectivity index (χ2n) is 16.8. The number of rotatable bonds is 4. The van der Waals surface area contributed by atoms with E-state index >= 15 is 0 Å². The molecule has 5 heteroatoms. The predicted molar refractivity (Wildman–Crippen MR) is 265 cm³/mol. The molecule has 0 radical (unpaired) electrons. The zero-order valence-corrected chi connectivity index (χ0v) is 34.3. The van der Waals surface area contributed by atoms with Crippen LogP contribution in [0.15, 0.2) is 211 Å². The number of fused-ring (bicyclic) bond motifs is 13. The van der Waals surface area contributed by atoms with Gasteiger partial charge < -0.3 is 8.98 Å². The van der Waals surface area contributed by atoms with Crippen LogP contribution in [0.1, 0.15) is 0 Å².